The van der Waals surface area contributed by atoms with Crippen molar-refractivity contribution in [2.24, 2.45) is 0 Å². The second-order valence-electron chi connectivity index (χ2n) is 2.59. The van der Waals surface area contributed by atoms with Crippen LogP contribution in [0.2, 0.25) is 0 Å². The monoisotopic (exact) mass is 198 g/mol. The second-order valence-corrected chi connectivity index (χ2v) is 3.16. The van der Waals surface area contributed by atoms with Crippen LogP contribution >= 0.6 is 12.0 Å². The zero-order valence-electron chi connectivity index (χ0n) is 7.95. The van der Waals surface area contributed by atoms with E-state index in [1.54, 1.807) is 7.11 Å². The van der Waals surface area contributed by atoms with Crippen LogP contribution in [-0.2, 0) is 10.6 Å². The van der Waals surface area contributed by atoms with E-state index in [1.165, 1.54) is 17.6 Å². The van der Waals surface area contributed by atoms with Crippen LogP contribution in [-0.4, -0.2) is 20.0 Å². The molecule has 0 aromatic heterocycles. The van der Waals surface area contributed by atoms with Crippen molar-refractivity contribution in [2.45, 2.75) is 6.42 Å². The lowest BCUT2D eigenvalue weighted by molar-refractivity contribution is 0.380. The van der Waals surface area contributed by atoms with Crippen molar-refractivity contribution >= 4 is 12.0 Å². The molecule has 1 aromatic carbocycles. The van der Waals surface area contributed by atoms with Crippen molar-refractivity contribution < 1.29 is 8.92 Å². The Morgan fingerprint density at radius 2 is 1.92 bits per heavy atom. The average Bonchev–Trinajstić information content (AvgIpc) is 2.19. The van der Waals surface area contributed by atoms with Gasteiger partial charge in [0.05, 0.1) is 13.7 Å². The first kappa shape index (κ1) is 10.4. The SMILES string of the molecule is COc1ccc(CCOSC)cc1. The van der Waals surface area contributed by atoms with Gasteiger partial charge in [0.1, 0.15) is 5.75 Å². The van der Waals surface area contributed by atoms with E-state index in [-0.39, 0.29) is 0 Å². The van der Waals surface area contributed by atoms with E-state index in [0.29, 0.717) is 0 Å². The third-order valence-electron chi connectivity index (χ3n) is 1.75. The summed E-state index contributed by atoms with van der Waals surface area (Å²) in [6.07, 6.45) is 2.87. The minimum absolute atomic E-state index is 0.757. The number of methoxy groups -OCH3 is 1. The maximum absolute atomic E-state index is 5.18. The Morgan fingerprint density at radius 1 is 1.23 bits per heavy atom. The molecule has 0 saturated heterocycles. The standard InChI is InChI=1S/C10H14O2S/c1-11-10-5-3-9(4-6-10)7-8-12-13-2/h3-6H,7-8H2,1-2H3. The Morgan fingerprint density at radius 3 is 2.46 bits per heavy atom. The molecule has 0 spiro atoms. The number of ether oxygens (including phenoxy) is 1. The Kier molecular flexibility index (Phi) is 4.72. The van der Waals surface area contributed by atoms with Crippen LogP contribution in [0, 0.1) is 0 Å². The molecule has 2 nitrogen and oxygen atoms in total. The highest BCUT2D eigenvalue weighted by atomic mass is 32.2. The van der Waals surface area contributed by atoms with Gasteiger partial charge in [0, 0.05) is 6.26 Å². The van der Waals surface area contributed by atoms with E-state index < -0.39 is 0 Å². The predicted molar refractivity (Wildman–Crippen MR) is 56.2 cm³/mol. The van der Waals surface area contributed by atoms with Crippen LogP contribution in [0.5, 0.6) is 5.75 Å². The highest BCUT2D eigenvalue weighted by molar-refractivity contribution is 7.93. The fourth-order valence-corrected chi connectivity index (χ4v) is 1.29. The van der Waals surface area contributed by atoms with Gasteiger partial charge in [0.2, 0.25) is 0 Å². The molecule has 0 heterocycles. The topological polar surface area (TPSA) is 18.5 Å². The summed E-state index contributed by atoms with van der Waals surface area (Å²) < 4.78 is 10.2. The van der Waals surface area contributed by atoms with Crippen molar-refractivity contribution in [2.75, 3.05) is 20.0 Å². The Bertz CT molecular complexity index is 233. The molecule has 0 N–H and O–H groups in total. The van der Waals surface area contributed by atoms with E-state index >= 15 is 0 Å². The minimum atomic E-state index is 0.757. The van der Waals surface area contributed by atoms with Gasteiger partial charge in [-0.15, -0.1) is 0 Å². The Labute approximate surface area is 83.5 Å². The van der Waals surface area contributed by atoms with Gasteiger partial charge in [-0.3, -0.25) is 0 Å². The molecular weight excluding hydrogens is 184 g/mol. The summed E-state index contributed by atoms with van der Waals surface area (Å²) >= 11 is 1.40. The summed E-state index contributed by atoms with van der Waals surface area (Å²) in [7, 11) is 1.67. The van der Waals surface area contributed by atoms with Gasteiger partial charge >= 0.3 is 0 Å². The van der Waals surface area contributed by atoms with Gasteiger partial charge in [0.15, 0.2) is 0 Å². The molecule has 13 heavy (non-hydrogen) atoms. The summed E-state index contributed by atoms with van der Waals surface area (Å²) in [5, 5.41) is 0. The molecule has 0 atom stereocenters. The quantitative estimate of drug-likeness (QED) is 0.535. The molecule has 0 aliphatic rings. The predicted octanol–water partition coefficient (Wildman–Crippen LogP) is 2.53. The molecule has 1 aromatic rings. The molecule has 0 amide bonds. The number of hydrogen-bond acceptors (Lipinski definition) is 3. The highest BCUT2D eigenvalue weighted by Crippen LogP contribution is 2.12. The fraction of sp³-hybridized carbons (Fsp3) is 0.400. The molecule has 0 aliphatic heterocycles. The Balaban J connectivity index is 2.40. The molecule has 0 saturated carbocycles. The van der Waals surface area contributed by atoms with E-state index in [4.69, 9.17) is 8.92 Å². The van der Waals surface area contributed by atoms with E-state index in [2.05, 4.69) is 12.1 Å². The summed E-state index contributed by atoms with van der Waals surface area (Å²) in [6, 6.07) is 8.05. The molecule has 0 fully saturated rings. The lowest BCUT2D eigenvalue weighted by Gasteiger charge is -2.02. The molecule has 72 valence electrons. The summed E-state index contributed by atoms with van der Waals surface area (Å²) in [4.78, 5) is 0. The van der Waals surface area contributed by atoms with Crippen LogP contribution in [0.25, 0.3) is 0 Å². The third-order valence-corrected chi connectivity index (χ3v) is 2.15. The van der Waals surface area contributed by atoms with Crippen LogP contribution in [0.3, 0.4) is 0 Å². The van der Waals surface area contributed by atoms with Crippen molar-refractivity contribution in [1.29, 1.82) is 0 Å². The largest absolute Gasteiger partial charge is 0.497 e. The third kappa shape index (κ3) is 3.70. The maximum atomic E-state index is 5.18. The van der Waals surface area contributed by atoms with Gasteiger partial charge < -0.3 is 8.92 Å². The van der Waals surface area contributed by atoms with Crippen molar-refractivity contribution in [3.8, 4) is 5.75 Å². The van der Waals surface area contributed by atoms with Crippen LogP contribution < -0.4 is 4.74 Å². The van der Waals surface area contributed by atoms with Crippen LogP contribution in [0.15, 0.2) is 24.3 Å². The first-order chi connectivity index (χ1) is 6.36. The van der Waals surface area contributed by atoms with Gasteiger partial charge in [-0.2, -0.15) is 0 Å². The molecular formula is C10H14O2S. The fourth-order valence-electron chi connectivity index (χ4n) is 1.04. The number of hydrogen-bond donors (Lipinski definition) is 0. The maximum Gasteiger partial charge on any atom is 0.118 e. The summed E-state index contributed by atoms with van der Waals surface area (Å²) in [6.45, 7) is 0.757. The first-order valence-electron chi connectivity index (χ1n) is 4.15. The lowest BCUT2D eigenvalue weighted by atomic mass is 10.1. The molecule has 1 rings (SSSR count). The summed E-state index contributed by atoms with van der Waals surface area (Å²) in [5.74, 6) is 0.898. The number of rotatable bonds is 5. The molecule has 0 unspecified atom stereocenters. The molecule has 0 aliphatic carbocycles. The second kappa shape index (κ2) is 5.89. The molecule has 0 bridgehead atoms. The van der Waals surface area contributed by atoms with E-state index in [0.717, 1.165) is 18.8 Å². The van der Waals surface area contributed by atoms with Crippen molar-refractivity contribution in [1.82, 2.24) is 0 Å². The number of benzene rings is 1. The lowest BCUT2D eigenvalue weighted by Crippen LogP contribution is -1.92. The van der Waals surface area contributed by atoms with Crippen LogP contribution in [0.4, 0.5) is 0 Å². The first-order valence-corrected chi connectivity index (χ1v) is 5.30. The smallest absolute Gasteiger partial charge is 0.118 e. The van der Waals surface area contributed by atoms with Gasteiger partial charge in [-0.05, 0) is 36.2 Å². The van der Waals surface area contributed by atoms with Gasteiger partial charge in [-0.1, -0.05) is 12.1 Å². The normalized spacial score (nSPS) is 10.0. The average molecular weight is 198 g/mol. The van der Waals surface area contributed by atoms with Gasteiger partial charge in [0.25, 0.3) is 0 Å². The van der Waals surface area contributed by atoms with Gasteiger partial charge in [-0.25, -0.2) is 0 Å². The minimum Gasteiger partial charge on any atom is -0.497 e. The zero-order valence-corrected chi connectivity index (χ0v) is 8.76. The van der Waals surface area contributed by atoms with Crippen molar-refractivity contribution in [3.05, 3.63) is 29.8 Å². The Hall–Kier alpha value is -0.670. The molecule has 0 radical (unpaired) electrons. The van der Waals surface area contributed by atoms with Crippen LogP contribution in [0.1, 0.15) is 5.56 Å². The highest BCUT2D eigenvalue weighted by Gasteiger charge is 1.94. The van der Waals surface area contributed by atoms with E-state index in [1.807, 2.05) is 18.4 Å². The van der Waals surface area contributed by atoms with E-state index in [9.17, 15) is 0 Å². The van der Waals surface area contributed by atoms with Crippen molar-refractivity contribution in [3.63, 3.8) is 0 Å². The zero-order chi connectivity index (χ0) is 9.52. The summed E-state index contributed by atoms with van der Waals surface area (Å²) in [5.41, 5.74) is 1.27. The molecule has 3 heteroatoms.